The molecule has 1 amide bonds. The Bertz CT molecular complexity index is 1340. The first-order valence-electron chi connectivity index (χ1n) is 11.8. The second kappa shape index (κ2) is 9.65. The molecular formula is C24H30N6O4. The summed E-state index contributed by atoms with van der Waals surface area (Å²) in [6.45, 7) is 7.09. The van der Waals surface area contributed by atoms with Gasteiger partial charge >= 0.3 is 0 Å². The fourth-order valence-corrected chi connectivity index (χ4v) is 4.61. The molecule has 180 valence electrons. The molecular weight excluding hydrogens is 436 g/mol. The third kappa shape index (κ3) is 4.48. The smallest absolute Gasteiger partial charge is 0.267 e. The number of carbonyl (C=O) groups excluding carboxylic acids is 1. The molecule has 0 unspecified atom stereocenters. The van der Waals surface area contributed by atoms with E-state index in [0.717, 1.165) is 31.5 Å². The Morgan fingerprint density at radius 2 is 2.06 bits per heavy atom. The lowest BCUT2D eigenvalue weighted by Gasteiger charge is -2.27. The standard InChI is InChI=1S/C24H30N6O4/c1-16-4-5-20-27-22-19(24(32)30(20)15-16)13-18(23(31)26-14-17-3-2-10-34-17)21(25)29(22)7-6-28-8-11-33-12-9-28/h4-5,13,15,17,25H,2-3,6-12,14H2,1H3,(H,26,31)/t17-/m0/s1. The first-order valence-corrected chi connectivity index (χ1v) is 11.8. The SMILES string of the molecule is Cc1ccc2nc3c(cc(C(=O)NC[C@@H]4CCCO4)c(=N)n3CCN3CCOCC3)c(=O)n2c1. The van der Waals surface area contributed by atoms with Crippen molar-refractivity contribution in [3.05, 3.63) is 51.4 Å². The number of aryl methyl sites for hydroxylation is 1. The molecule has 0 bridgehead atoms. The quantitative estimate of drug-likeness (QED) is 0.517. The Hall–Kier alpha value is -3.08. The molecule has 2 N–H and O–H groups in total. The molecule has 0 spiro atoms. The predicted octanol–water partition coefficient (Wildman–Crippen LogP) is 0.678. The highest BCUT2D eigenvalue weighted by molar-refractivity contribution is 5.96. The second-order valence-electron chi connectivity index (χ2n) is 8.95. The van der Waals surface area contributed by atoms with E-state index in [9.17, 15) is 9.59 Å². The summed E-state index contributed by atoms with van der Waals surface area (Å²) >= 11 is 0. The molecule has 5 heterocycles. The molecule has 10 heteroatoms. The summed E-state index contributed by atoms with van der Waals surface area (Å²) in [6, 6.07) is 5.21. The highest BCUT2D eigenvalue weighted by Crippen LogP contribution is 2.13. The Balaban J connectivity index is 1.57. The van der Waals surface area contributed by atoms with Gasteiger partial charge in [-0.1, -0.05) is 6.07 Å². The molecule has 2 aliphatic rings. The van der Waals surface area contributed by atoms with Gasteiger partial charge < -0.3 is 19.4 Å². The number of hydrogen-bond donors (Lipinski definition) is 2. The Morgan fingerprint density at radius 3 is 2.82 bits per heavy atom. The zero-order valence-electron chi connectivity index (χ0n) is 19.4. The van der Waals surface area contributed by atoms with Crippen LogP contribution in [0.1, 0.15) is 28.8 Å². The topological polar surface area (TPSA) is 114 Å². The highest BCUT2D eigenvalue weighted by atomic mass is 16.5. The van der Waals surface area contributed by atoms with Crippen molar-refractivity contribution >= 4 is 22.6 Å². The van der Waals surface area contributed by atoms with Crippen molar-refractivity contribution in [2.75, 3.05) is 46.0 Å². The Labute approximate surface area is 196 Å². The Morgan fingerprint density at radius 1 is 1.24 bits per heavy atom. The molecule has 0 radical (unpaired) electrons. The van der Waals surface area contributed by atoms with Gasteiger partial charge in [0.15, 0.2) is 0 Å². The van der Waals surface area contributed by atoms with Crippen LogP contribution in [-0.4, -0.2) is 76.9 Å². The van der Waals surface area contributed by atoms with E-state index in [0.29, 0.717) is 56.1 Å². The van der Waals surface area contributed by atoms with Gasteiger partial charge in [-0.3, -0.25) is 24.3 Å². The van der Waals surface area contributed by atoms with E-state index >= 15 is 0 Å². The van der Waals surface area contributed by atoms with Gasteiger partial charge in [-0.15, -0.1) is 0 Å². The van der Waals surface area contributed by atoms with Crippen molar-refractivity contribution < 1.29 is 14.3 Å². The van der Waals surface area contributed by atoms with Crippen LogP contribution in [0.2, 0.25) is 0 Å². The number of amides is 1. The molecule has 0 aromatic carbocycles. The van der Waals surface area contributed by atoms with E-state index in [1.54, 1.807) is 16.8 Å². The Kier molecular flexibility index (Phi) is 6.44. The van der Waals surface area contributed by atoms with Crippen molar-refractivity contribution in [3.63, 3.8) is 0 Å². The third-order valence-corrected chi connectivity index (χ3v) is 6.56. The van der Waals surface area contributed by atoms with Crippen molar-refractivity contribution in [2.24, 2.45) is 0 Å². The summed E-state index contributed by atoms with van der Waals surface area (Å²) in [5.74, 6) is -0.378. The monoisotopic (exact) mass is 466 g/mol. The molecule has 5 rings (SSSR count). The van der Waals surface area contributed by atoms with Crippen molar-refractivity contribution in [3.8, 4) is 0 Å². The summed E-state index contributed by atoms with van der Waals surface area (Å²) in [6.07, 6.45) is 3.62. The first kappa shape index (κ1) is 22.7. The largest absolute Gasteiger partial charge is 0.379 e. The van der Waals surface area contributed by atoms with E-state index in [4.69, 9.17) is 19.9 Å². The number of carbonyl (C=O) groups is 1. The zero-order valence-corrected chi connectivity index (χ0v) is 19.4. The fourth-order valence-electron chi connectivity index (χ4n) is 4.61. The summed E-state index contributed by atoms with van der Waals surface area (Å²) in [5, 5.41) is 12.1. The molecule has 2 fully saturated rings. The molecule has 2 aliphatic heterocycles. The van der Waals surface area contributed by atoms with Crippen LogP contribution in [0.4, 0.5) is 0 Å². The number of hydrogen-bond acceptors (Lipinski definition) is 7. The summed E-state index contributed by atoms with van der Waals surface area (Å²) in [7, 11) is 0. The third-order valence-electron chi connectivity index (χ3n) is 6.56. The van der Waals surface area contributed by atoms with Gasteiger partial charge in [0.2, 0.25) is 0 Å². The van der Waals surface area contributed by atoms with Crippen LogP contribution >= 0.6 is 0 Å². The van der Waals surface area contributed by atoms with Gasteiger partial charge in [0, 0.05) is 45.5 Å². The number of aromatic nitrogens is 3. The maximum Gasteiger partial charge on any atom is 0.267 e. The lowest BCUT2D eigenvalue weighted by Crippen LogP contribution is -2.41. The van der Waals surface area contributed by atoms with Gasteiger partial charge in [0.25, 0.3) is 11.5 Å². The summed E-state index contributed by atoms with van der Waals surface area (Å²) in [5.41, 5.74) is 1.83. The van der Waals surface area contributed by atoms with Gasteiger partial charge in [-0.05, 0) is 37.5 Å². The average molecular weight is 467 g/mol. The van der Waals surface area contributed by atoms with Crippen LogP contribution in [0.15, 0.2) is 29.2 Å². The predicted molar refractivity (Wildman–Crippen MR) is 126 cm³/mol. The van der Waals surface area contributed by atoms with E-state index < -0.39 is 0 Å². The number of fused-ring (bicyclic) bond motifs is 2. The molecule has 34 heavy (non-hydrogen) atoms. The number of ether oxygens (including phenoxy) is 2. The maximum atomic E-state index is 13.4. The van der Waals surface area contributed by atoms with E-state index in [2.05, 4.69) is 10.2 Å². The first-order chi connectivity index (χ1) is 16.5. The van der Waals surface area contributed by atoms with Crippen LogP contribution in [0.25, 0.3) is 16.7 Å². The van der Waals surface area contributed by atoms with Crippen LogP contribution in [0.5, 0.6) is 0 Å². The second-order valence-corrected chi connectivity index (χ2v) is 8.95. The van der Waals surface area contributed by atoms with Crippen molar-refractivity contribution in [1.82, 2.24) is 24.2 Å². The number of nitrogens with zero attached hydrogens (tertiary/aromatic N) is 4. The van der Waals surface area contributed by atoms with Crippen LogP contribution in [-0.2, 0) is 16.0 Å². The highest BCUT2D eigenvalue weighted by Gasteiger charge is 2.21. The zero-order chi connectivity index (χ0) is 23.7. The van der Waals surface area contributed by atoms with Gasteiger partial charge in [-0.2, -0.15) is 0 Å². The summed E-state index contributed by atoms with van der Waals surface area (Å²) in [4.78, 5) is 33.5. The molecule has 0 saturated carbocycles. The van der Waals surface area contributed by atoms with Crippen LogP contribution < -0.4 is 16.4 Å². The maximum absolute atomic E-state index is 13.4. The lowest BCUT2D eigenvalue weighted by atomic mass is 10.1. The molecule has 10 nitrogen and oxygen atoms in total. The lowest BCUT2D eigenvalue weighted by molar-refractivity contribution is 0.0363. The molecule has 3 aromatic heterocycles. The molecule has 2 saturated heterocycles. The van der Waals surface area contributed by atoms with E-state index in [1.165, 1.54) is 10.5 Å². The van der Waals surface area contributed by atoms with E-state index in [-0.39, 0.29) is 28.6 Å². The van der Waals surface area contributed by atoms with Gasteiger partial charge in [-0.25, -0.2) is 4.98 Å². The van der Waals surface area contributed by atoms with Gasteiger partial charge in [0.1, 0.15) is 16.8 Å². The van der Waals surface area contributed by atoms with Crippen molar-refractivity contribution in [2.45, 2.75) is 32.4 Å². The number of pyridine rings is 2. The molecule has 3 aromatic rings. The number of nitrogens with one attached hydrogen (secondary N) is 2. The van der Waals surface area contributed by atoms with Crippen LogP contribution in [0.3, 0.4) is 0 Å². The minimum Gasteiger partial charge on any atom is -0.379 e. The molecule has 1 atom stereocenters. The van der Waals surface area contributed by atoms with Crippen molar-refractivity contribution in [1.29, 1.82) is 5.41 Å². The van der Waals surface area contributed by atoms with Gasteiger partial charge in [0.05, 0.1) is 30.3 Å². The normalized spacial score (nSPS) is 19.1. The van der Waals surface area contributed by atoms with E-state index in [1.807, 2.05) is 13.0 Å². The fraction of sp³-hybridized carbons (Fsp3) is 0.500. The molecule has 0 aliphatic carbocycles. The summed E-state index contributed by atoms with van der Waals surface area (Å²) < 4.78 is 14.2. The number of morpholine rings is 1. The average Bonchev–Trinajstić information content (AvgIpc) is 3.37. The minimum absolute atomic E-state index is 0.00811. The number of rotatable bonds is 6. The van der Waals surface area contributed by atoms with Crippen LogP contribution in [0, 0.1) is 12.3 Å². The minimum atomic E-state index is -0.378.